The second-order valence-electron chi connectivity index (χ2n) is 8.26. The number of hydrogen-bond acceptors (Lipinski definition) is 3. The summed E-state index contributed by atoms with van der Waals surface area (Å²) in [6.45, 7) is 15.3. The van der Waals surface area contributed by atoms with Gasteiger partial charge in [-0.05, 0) is 48.6 Å². The molecule has 0 unspecified atom stereocenters. The van der Waals surface area contributed by atoms with Crippen molar-refractivity contribution in [3.05, 3.63) is 83.5 Å². The highest BCUT2D eigenvalue weighted by Gasteiger charge is 2.24. The lowest BCUT2D eigenvalue weighted by molar-refractivity contribution is 0.0957. The van der Waals surface area contributed by atoms with E-state index in [1.807, 2.05) is 36.4 Å². The predicted octanol–water partition coefficient (Wildman–Crippen LogP) is 5.64. The maximum Gasteiger partial charge on any atom is 0.251 e. The molecule has 4 nitrogen and oxygen atoms in total. The van der Waals surface area contributed by atoms with Gasteiger partial charge < -0.3 is 15.5 Å². The summed E-state index contributed by atoms with van der Waals surface area (Å²) in [7, 11) is 0. The van der Waals surface area contributed by atoms with Crippen molar-refractivity contribution in [2.24, 2.45) is 11.8 Å². The van der Waals surface area contributed by atoms with Gasteiger partial charge in [0, 0.05) is 46.3 Å². The van der Waals surface area contributed by atoms with Crippen LogP contribution in [0.25, 0.3) is 5.70 Å². The molecule has 0 bridgehead atoms. The molecule has 2 N–H and O–H groups in total. The van der Waals surface area contributed by atoms with Crippen molar-refractivity contribution in [2.45, 2.75) is 20.3 Å². The van der Waals surface area contributed by atoms with Gasteiger partial charge in [-0.25, -0.2) is 0 Å². The molecular weight excluding hydrogens is 394 g/mol. The first kappa shape index (κ1) is 22.0. The van der Waals surface area contributed by atoms with E-state index >= 15 is 0 Å². The van der Waals surface area contributed by atoms with E-state index in [-0.39, 0.29) is 5.91 Å². The Balaban J connectivity index is 1.68. The first-order valence-corrected chi connectivity index (χ1v) is 10.7. The third-order valence-corrected chi connectivity index (χ3v) is 5.59. The minimum atomic E-state index is -0.129. The number of benzene rings is 2. The van der Waals surface area contributed by atoms with Crippen LogP contribution in [0.5, 0.6) is 0 Å². The molecule has 1 amide bonds. The van der Waals surface area contributed by atoms with E-state index in [4.69, 9.17) is 11.6 Å². The number of amides is 1. The lowest BCUT2D eigenvalue weighted by Gasteiger charge is -2.38. The maximum atomic E-state index is 12.3. The summed E-state index contributed by atoms with van der Waals surface area (Å²) < 4.78 is 0. The van der Waals surface area contributed by atoms with E-state index in [0.29, 0.717) is 34.7 Å². The molecule has 2 atom stereocenters. The molecule has 5 heteroatoms. The molecule has 1 aliphatic heterocycles. The molecule has 0 radical (unpaired) electrons. The Kier molecular flexibility index (Phi) is 7.22. The van der Waals surface area contributed by atoms with E-state index in [1.165, 1.54) is 6.42 Å². The maximum absolute atomic E-state index is 12.3. The monoisotopic (exact) mass is 423 g/mol. The molecular formula is C25H30ClN3O. The molecule has 2 aromatic rings. The van der Waals surface area contributed by atoms with Gasteiger partial charge in [0.25, 0.3) is 5.91 Å². The molecule has 1 fully saturated rings. The van der Waals surface area contributed by atoms with Gasteiger partial charge in [0.15, 0.2) is 0 Å². The number of rotatable bonds is 7. The molecule has 0 saturated carbocycles. The number of nitrogens with zero attached hydrogens (tertiary/aromatic N) is 1. The molecule has 30 heavy (non-hydrogen) atoms. The summed E-state index contributed by atoms with van der Waals surface area (Å²) in [6, 6.07) is 14.9. The Labute approximate surface area is 184 Å². The van der Waals surface area contributed by atoms with Crippen molar-refractivity contribution in [3.63, 3.8) is 0 Å². The number of hydrogen-bond donors (Lipinski definition) is 2. The van der Waals surface area contributed by atoms with Crippen molar-refractivity contribution in [2.75, 3.05) is 25.0 Å². The van der Waals surface area contributed by atoms with Crippen LogP contribution in [0.3, 0.4) is 0 Å². The molecule has 0 aliphatic carbocycles. The number of anilines is 1. The van der Waals surface area contributed by atoms with Crippen LogP contribution in [0, 0.1) is 11.8 Å². The Morgan fingerprint density at radius 2 is 1.77 bits per heavy atom. The highest BCUT2D eigenvalue weighted by atomic mass is 35.5. The molecule has 158 valence electrons. The molecule has 0 spiro atoms. The van der Waals surface area contributed by atoms with Crippen LogP contribution in [-0.4, -0.2) is 30.4 Å². The fourth-order valence-electron chi connectivity index (χ4n) is 4.03. The van der Waals surface area contributed by atoms with E-state index in [0.717, 1.165) is 30.0 Å². The molecule has 1 heterocycles. The predicted molar refractivity (Wildman–Crippen MR) is 127 cm³/mol. The number of halogens is 1. The summed E-state index contributed by atoms with van der Waals surface area (Å²) in [5.41, 5.74) is 4.11. The first-order chi connectivity index (χ1) is 14.3. The lowest BCUT2D eigenvalue weighted by Crippen LogP contribution is -2.37. The standard InChI is InChI=1S/C25H30ClN3O/c1-17-12-18(2)16-29(15-17)20(4)23-13-22(26)10-11-24(23)28-19(3)14-27-25(30)21-8-6-5-7-9-21/h5-11,13,17-18,28H,3-4,12,14-16H2,1-2H3,(H,27,30)/t17-,18+. The summed E-state index contributed by atoms with van der Waals surface area (Å²) in [6.07, 6.45) is 1.24. The van der Waals surface area contributed by atoms with Crippen LogP contribution >= 0.6 is 11.6 Å². The Morgan fingerprint density at radius 3 is 2.43 bits per heavy atom. The summed E-state index contributed by atoms with van der Waals surface area (Å²) in [5.74, 6) is 1.13. The number of nitrogens with one attached hydrogen (secondary N) is 2. The number of likely N-dealkylation sites (tertiary alicyclic amines) is 1. The molecule has 0 aromatic heterocycles. The van der Waals surface area contributed by atoms with Gasteiger partial charge in [-0.1, -0.05) is 56.8 Å². The average molecular weight is 424 g/mol. The van der Waals surface area contributed by atoms with Gasteiger partial charge in [0.2, 0.25) is 0 Å². The third-order valence-electron chi connectivity index (χ3n) is 5.35. The molecule has 1 saturated heterocycles. The van der Waals surface area contributed by atoms with Crippen LogP contribution in [0.1, 0.15) is 36.2 Å². The zero-order valence-electron chi connectivity index (χ0n) is 17.7. The minimum absolute atomic E-state index is 0.129. The van der Waals surface area contributed by atoms with E-state index in [9.17, 15) is 4.79 Å². The van der Waals surface area contributed by atoms with Crippen LogP contribution in [0.4, 0.5) is 5.69 Å². The number of carbonyl (C=O) groups excluding carboxylic acids is 1. The summed E-state index contributed by atoms with van der Waals surface area (Å²) in [4.78, 5) is 14.6. The Bertz CT molecular complexity index is 915. The fraction of sp³-hybridized carbons (Fsp3) is 0.320. The number of carbonyl (C=O) groups is 1. The van der Waals surface area contributed by atoms with Crippen molar-refractivity contribution in [1.29, 1.82) is 0 Å². The van der Waals surface area contributed by atoms with Gasteiger partial charge in [-0.3, -0.25) is 4.79 Å². The smallest absolute Gasteiger partial charge is 0.251 e. The van der Waals surface area contributed by atoms with Gasteiger partial charge in [0.1, 0.15) is 0 Å². The molecule has 3 rings (SSSR count). The zero-order valence-corrected chi connectivity index (χ0v) is 18.5. The van der Waals surface area contributed by atoms with Gasteiger partial charge >= 0.3 is 0 Å². The van der Waals surface area contributed by atoms with E-state index in [1.54, 1.807) is 12.1 Å². The SMILES string of the molecule is C=C(CNC(=O)c1ccccc1)Nc1ccc(Cl)cc1C(=C)N1C[C@H](C)C[C@H](C)C1. The highest BCUT2D eigenvalue weighted by molar-refractivity contribution is 6.30. The fourth-order valence-corrected chi connectivity index (χ4v) is 4.20. The zero-order chi connectivity index (χ0) is 21.7. The first-order valence-electron chi connectivity index (χ1n) is 10.3. The quantitative estimate of drug-likeness (QED) is 0.605. The van der Waals surface area contributed by atoms with Crippen LogP contribution in [-0.2, 0) is 0 Å². The third kappa shape index (κ3) is 5.67. The van der Waals surface area contributed by atoms with Crippen LogP contribution in [0.15, 0.2) is 67.4 Å². The summed E-state index contributed by atoms with van der Waals surface area (Å²) >= 11 is 6.30. The summed E-state index contributed by atoms with van der Waals surface area (Å²) in [5, 5.41) is 6.89. The largest absolute Gasteiger partial charge is 0.371 e. The van der Waals surface area contributed by atoms with Crippen molar-refractivity contribution in [3.8, 4) is 0 Å². The average Bonchev–Trinajstić information content (AvgIpc) is 2.72. The Hall–Kier alpha value is -2.72. The van der Waals surface area contributed by atoms with Crippen LogP contribution < -0.4 is 10.6 Å². The van der Waals surface area contributed by atoms with Crippen molar-refractivity contribution < 1.29 is 4.79 Å². The number of piperidine rings is 1. The topological polar surface area (TPSA) is 44.4 Å². The van der Waals surface area contributed by atoms with Gasteiger partial charge in [-0.2, -0.15) is 0 Å². The minimum Gasteiger partial charge on any atom is -0.371 e. The van der Waals surface area contributed by atoms with Crippen LogP contribution in [0.2, 0.25) is 5.02 Å². The normalized spacial score (nSPS) is 18.6. The van der Waals surface area contributed by atoms with Crippen molar-refractivity contribution >= 4 is 28.9 Å². The molecule has 2 aromatic carbocycles. The van der Waals surface area contributed by atoms with Gasteiger partial charge in [0.05, 0.1) is 6.54 Å². The van der Waals surface area contributed by atoms with E-state index in [2.05, 4.69) is 42.5 Å². The second-order valence-corrected chi connectivity index (χ2v) is 8.70. The second kappa shape index (κ2) is 9.86. The van der Waals surface area contributed by atoms with Gasteiger partial charge in [-0.15, -0.1) is 0 Å². The molecule has 1 aliphatic rings. The van der Waals surface area contributed by atoms with E-state index < -0.39 is 0 Å². The lowest BCUT2D eigenvalue weighted by atomic mass is 9.91. The van der Waals surface area contributed by atoms with Crippen molar-refractivity contribution in [1.82, 2.24) is 10.2 Å². The Morgan fingerprint density at radius 1 is 1.10 bits per heavy atom. The highest BCUT2D eigenvalue weighted by Crippen LogP contribution is 2.33.